The van der Waals surface area contributed by atoms with Gasteiger partial charge in [0.1, 0.15) is 0 Å². The summed E-state index contributed by atoms with van der Waals surface area (Å²) in [6, 6.07) is -0.551. The monoisotopic (exact) mass is 766 g/mol. The van der Waals surface area contributed by atoms with Crippen LogP contribution in [0.1, 0.15) is 271 Å². The number of amides is 1. The van der Waals surface area contributed by atoms with Gasteiger partial charge in [-0.1, -0.05) is 232 Å². The van der Waals surface area contributed by atoms with Crippen LogP contribution in [0.3, 0.4) is 0 Å². The summed E-state index contributed by atoms with van der Waals surface area (Å²) in [5.41, 5.74) is 0. The first-order valence-electron chi connectivity index (χ1n) is 24.3. The number of hydrogen-bond acceptors (Lipinski definition) is 5. The molecule has 0 radical (unpaired) electrons. The molecular formula is C48H95NO5. The Morgan fingerprint density at radius 2 is 0.759 bits per heavy atom. The Labute approximate surface area is 336 Å². The first kappa shape index (κ1) is 52.9. The molecule has 0 aliphatic rings. The van der Waals surface area contributed by atoms with Crippen molar-refractivity contribution >= 4 is 11.9 Å². The average Bonchev–Trinajstić information content (AvgIpc) is 3.17. The maximum atomic E-state index is 12.4. The summed E-state index contributed by atoms with van der Waals surface area (Å²) in [5, 5.41) is 23.1. The molecule has 0 saturated carbocycles. The van der Waals surface area contributed by atoms with Crippen molar-refractivity contribution in [3.8, 4) is 0 Å². The van der Waals surface area contributed by atoms with Crippen LogP contribution in [-0.2, 0) is 14.3 Å². The molecule has 0 aliphatic carbocycles. The van der Waals surface area contributed by atoms with E-state index in [1.165, 1.54) is 180 Å². The third-order valence-corrected chi connectivity index (χ3v) is 11.4. The first-order chi connectivity index (χ1) is 26.5. The molecule has 0 heterocycles. The van der Waals surface area contributed by atoms with Gasteiger partial charge in [-0.3, -0.25) is 9.59 Å². The van der Waals surface area contributed by atoms with E-state index in [-0.39, 0.29) is 18.5 Å². The Morgan fingerprint density at radius 3 is 1.13 bits per heavy atom. The predicted octanol–water partition coefficient (Wildman–Crippen LogP) is 14.0. The van der Waals surface area contributed by atoms with Crippen LogP contribution >= 0.6 is 0 Å². The minimum atomic E-state index is -0.672. The highest BCUT2D eigenvalue weighted by molar-refractivity contribution is 5.76. The predicted molar refractivity (Wildman–Crippen MR) is 232 cm³/mol. The third kappa shape index (κ3) is 40.5. The van der Waals surface area contributed by atoms with Crippen LogP contribution in [0.5, 0.6) is 0 Å². The second-order valence-electron chi connectivity index (χ2n) is 16.8. The second-order valence-corrected chi connectivity index (χ2v) is 16.8. The van der Waals surface area contributed by atoms with Crippen LogP contribution in [0.25, 0.3) is 0 Å². The van der Waals surface area contributed by atoms with Gasteiger partial charge in [-0.05, 0) is 25.7 Å². The summed E-state index contributed by atoms with van der Waals surface area (Å²) in [6.07, 6.45) is 47.8. The molecule has 1 amide bonds. The zero-order valence-electron chi connectivity index (χ0n) is 36.5. The van der Waals surface area contributed by atoms with Crippen molar-refractivity contribution in [2.24, 2.45) is 0 Å². The van der Waals surface area contributed by atoms with Gasteiger partial charge in [-0.2, -0.15) is 0 Å². The van der Waals surface area contributed by atoms with E-state index in [4.69, 9.17) is 4.74 Å². The van der Waals surface area contributed by atoms with Crippen molar-refractivity contribution in [2.75, 3.05) is 13.2 Å². The minimum Gasteiger partial charge on any atom is -0.466 e. The van der Waals surface area contributed by atoms with Gasteiger partial charge < -0.3 is 20.3 Å². The van der Waals surface area contributed by atoms with Crippen LogP contribution in [0, 0.1) is 0 Å². The molecule has 2 unspecified atom stereocenters. The lowest BCUT2D eigenvalue weighted by molar-refractivity contribution is -0.143. The number of rotatable bonds is 45. The Hall–Kier alpha value is -1.14. The quantitative estimate of drug-likeness (QED) is 0.0424. The number of aliphatic hydroxyl groups is 2. The molecule has 0 aromatic carbocycles. The maximum Gasteiger partial charge on any atom is 0.305 e. The summed E-state index contributed by atoms with van der Waals surface area (Å²) in [7, 11) is 0. The van der Waals surface area contributed by atoms with E-state index in [1.54, 1.807) is 0 Å². The van der Waals surface area contributed by atoms with E-state index < -0.39 is 12.1 Å². The Morgan fingerprint density at radius 1 is 0.444 bits per heavy atom. The van der Waals surface area contributed by atoms with Gasteiger partial charge in [0.15, 0.2) is 0 Å². The fourth-order valence-corrected chi connectivity index (χ4v) is 7.64. The lowest BCUT2D eigenvalue weighted by atomic mass is 10.0. The molecule has 0 saturated heterocycles. The maximum absolute atomic E-state index is 12.4. The molecule has 0 aromatic heterocycles. The van der Waals surface area contributed by atoms with Gasteiger partial charge in [0, 0.05) is 12.8 Å². The number of nitrogens with one attached hydrogen (secondary N) is 1. The lowest BCUT2D eigenvalue weighted by Gasteiger charge is -2.22. The number of ether oxygens (including phenoxy) is 1. The number of unbranched alkanes of at least 4 members (excludes halogenated alkanes) is 34. The zero-order chi connectivity index (χ0) is 39.4. The van der Waals surface area contributed by atoms with Crippen molar-refractivity contribution < 1.29 is 24.5 Å². The standard InChI is InChI=1S/C48H95NO5/c1-3-5-7-9-11-13-15-16-17-18-19-22-26-30-34-38-42-48(53)54-43-39-35-31-27-23-20-21-25-29-33-37-41-47(52)49-45(44-50)46(51)40-36-32-28-24-14-12-10-8-6-4-2/h45-46,50-51H,3-44H2,1-2H3,(H,49,52). The fraction of sp³-hybridized carbons (Fsp3) is 0.958. The minimum absolute atomic E-state index is 0.0102. The highest BCUT2D eigenvalue weighted by Crippen LogP contribution is 2.16. The van der Waals surface area contributed by atoms with Crippen molar-refractivity contribution in [3.63, 3.8) is 0 Å². The lowest BCUT2D eigenvalue weighted by Crippen LogP contribution is -2.45. The first-order valence-corrected chi connectivity index (χ1v) is 24.3. The summed E-state index contributed by atoms with van der Waals surface area (Å²) in [6.45, 7) is 4.90. The number of aliphatic hydroxyl groups excluding tert-OH is 2. The third-order valence-electron chi connectivity index (χ3n) is 11.4. The fourth-order valence-electron chi connectivity index (χ4n) is 7.64. The van der Waals surface area contributed by atoms with Crippen LogP contribution in [0.4, 0.5) is 0 Å². The van der Waals surface area contributed by atoms with Crippen LogP contribution in [0.15, 0.2) is 0 Å². The highest BCUT2D eigenvalue weighted by Gasteiger charge is 2.20. The Balaban J connectivity index is 3.42. The topological polar surface area (TPSA) is 95.9 Å². The number of carbonyl (C=O) groups excluding carboxylic acids is 2. The summed E-state index contributed by atoms with van der Waals surface area (Å²) in [4.78, 5) is 24.4. The summed E-state index contributed by atoms with van der Waals surface area (Å²) in [5.74, 6) is -0.0645. The molecule has 0 fully saturated rings. The normalized spacial score (nSPS) is 12.6. The van der Waals surface area contributed by atoms with Gasteiger partial charge in [-0.25, -0.2) is 0 Å². The molecule has 6 heteroatoms. The van der Waals surface area contributed by atoms with Crippen LogP contribution < -0.4 is 5.32 Å². The summed E-state index contributed by atoms with van der Waals surface area (Å²) >= 11 is 0. The van der Waals surface area contributed by atoms with E-state index in [2.05, 4.69) is 19.2 Å². The molecular weight excluding hydrogens is 671 g/mol. The van der Waals surface area contributed by atoms with Crippen LogP contribution in [-0.4, -0.2) is 47.4 Å². The Kier molecular flexibility index (Phi) is 43.6. The molecule has 2 atom stereocenters. The van der Waals surface area contributed by atoms with Gasteiger partial charge in [0.05, 0.1) is 25.4 Å². The highest BCUT2D eigenvalue weighted by atomic mass is 16.5. The smallest absolute Gasteiger partial charge is 0.305 e. The molecule has 6 nitrogen and oxygen atoms in total. The average molecular weight is 766 g/mol. The molecule has 0 bridgehead atoms. The Bertz CT molecular complexity index is 761. The number of esters is 1. The number of hydrogen-bond donors (Lipinski definition) is 3. The van der Waals surface area contributed by atoms with E-state index >= 15 is 0 Å². The molecule has 54 heavy (non-hydrogen) atoms. The largest absolute Gasteiger partial charge is 0.466 e. The molecule has 0 spiro atoms. The zero-order valence-corrected chi connectivity index (χ0v) is 36.5. The van der Waals surface area contributed by atoms with Gasteiger partial charge >= 0.3 is 5.97 Å². The SMILES string of the molecule is CCCCCCCCCCCCCCCCCCC(=O)OCCCCCCCCCCCCCC(=O)NC(CO)C(O)CCCCCCCCCCCC. The molecule has 0 aliphatic heterocycles. The second kappa shape index (κ2) is 44.6. The summed E-state index contributed by atoms with van der Waals surface area (Å²) < 4.78 is 5.46. The van der Waals surface area contributed by atoms with Crippen molar-refractivity contribution in [1.82, 2.24) is 5.32 Å². The van der Waals surface area contributed by atoms with E-state index in [1.807, 2.05) is 0 Å². The number of carbonyl (C=O) groups is 2. The van der Waals surface area contributed by atoms with E-state index in [9.17, 15) is 19.8 Å². The van der Waals surface area contributed by atoms with Gasteiger partial charge in [0.25, 0.3) is 0 Å². The molecule has 3 N–H and O–H groups in total. The van der Waals surface area contributed by atoms with Crippen molar-refractivity contribution in [3.05, 3.63) is 0 Å². The molecule has 0 rings (SSSR count). The van der Waals surface area contributed by atoms with Gasteiger partial charge in [0.2, 0.25) is 5.91 Å². The van der Waals surface area contributed by atoms with E-state index in [0.717, 1.165) is 57.8 Å². The van der Waals surface area contributed by atoms with E-state index in [0.29, 0.717) is 25.9 Å². The molecule has 0 aromatic rings. The van der Waals surface area contributed by atoms with Crippen molar-refractivity contribution in [2.45, 2.75) is 283 Å². The van der Waals surface area contributed by atoms with Crippen molar-refractivity contribution in [1.29, 1.82) is 0 Å². The molecule has 322 valence electrons. The van der Waals surface area contributed by atoms with Crippen LogP contribution in [0.2, 0.25) is 0 Å². The van der Waals surface area contributed by atoms with Gasteiger partial charge in [-0.15, -0.1) is 0 Å².